The Morgan fingerprint density at radius 1 is 0.667 bits per heavy atom. The first kappa shape index (κ1) is 22.9. The summed E-state index contributed by atoms with van der Waals surface area (Å²) >= 11 is 0. The van der Waals surface area contributed by atoms with E-state index in [0.717, 1.165) is 19.3 Å². The summed E-state index contributed by atoms with van der Waals surface area (Å²) in [5.74, 6) is -1.52. The number of ketones is 1. The fourth-order valence-corrected chi connectivity index (χ4v) is 2.93. The zero-order chi connectivity index (χ0) is 18.0. The molecule has 0 spiro atoms. The molecule has 0 unspecified atom stereocenters. The highest BCUT2D eigenvalue weighted by molar-refractivity contribution is 6.15. The second-order valence-corrected chi connectivity index (χ2v) is 6.91. The van der Waals surface area contributed by atoms with Gasteiger partial charge in [0, 0.05) is 6.42 Å². The van der Waals surface area contributed by atoms with Crippen LogP contribution in [-0.2, 0) is 9.59 Å². The number of hydrogen-bond donors (Lipinski definition) is 1. The predicted octanol–water partition coefficient (Wildman–Crippen LogP) is 6.46. The zero-order valence-corrected chi connectivity index (χ0v) is 15.8. The molecule has 1 N–H and O–H groups in total. The fourth-order valence-electron chi connectivity index (χ4n) is 2.93. The van der Waals surface area contributed by atoms with E-state index in [2.05, 4.69) is 13.5 Å². The number of Topliss-reactive ketones (excluding diaryl/α,β-unsaturated/α-hetero) is 1. The van der Waals surface area contributed by atoms with Crippen molar-refractivity contribution in [2.45, 2.75) is 110 Å². The van der Waals surface area contributed by atoms with Gasteiger partial charge in [0.2, 0.25) is 0 Å². The summed E-state index contributed by atoms with van der Waals surface area (Å²) < 4.78 is 0. The van der Waals surface area contributed by atoms with Crippen molar-refractivity contribution in [3.8, 4) is 0 Å². The molecule has 0 saturated heterocycles. The summed E-state index contributed by atoms with van der Waals surface area (Å²) in [6, 6.07) is 0. The number of unbranched alkanes of at least 4 members (excludes halogenated alkanes) is 14. The second-order valence-electron chi connectivity index (χ2n) is 6.91. The number of hydrogen-bond acceptors (Lipinski definition) is 2. The Morgan fingerprint density at radius 3 is 1.33 bits per heavy atom. The van der Waals surface area contributed by atoms with Crippen LogP contribution in [0, 0.1) is 0 Å². The van der Waals surface area contributed by atoms with E-state index in [1.807, 2.05) is 0 Å². The molecule has 0 rings (SSSR count). The molecule has 0 saturated carbocycles. The number of carbonyl (C=O) groups is 2. The highest BCUT2D eigenvalue weighted by Crippen LogP contribution is 2.14. The van der Waals surface area contributed by atoms with Crippen LogP contribution in [0.25, 0.3) is 0 Å². The molecule has 3 nitrogen and oxygen atoms in total. The number of carboxylic acids is 1. The molecule has 0 aromatic carbocycles. The van der Waals surface area contributed by atoms with Crippen LogP contribution < -0.4 is 0 Å². The minimum Gasteiger partial charge on any atom is -0.478 e. The van der Waals surface area contributed by atoms with Gasteiger partial charge in [-0.2, -0.15) is 0 Å². The highest BCUT2D eigenvalue weighted by Gasteiger charge is 2.13. The maximum absolute atomic E-state index is 11.4. The van der Waals surface area contributed by atoms with Crippen molar-refractivity contribution in [3.63, 3.8) is 0 Å². The van der Waals surface area contributed by atoms with E-state index in [9.17, 15) is 9.59 Å². The Balaban J connectivity index is 3.19. The third-order valence-corrected chi connectivity index (χ3v) is 4.60. The lowest BCUT2D eigenvalue weighted by molar-refractivity contribution is -0.134. The van der Waals surface area contributed by atoms with E-state index in [1.165, 1.54) is 77.0 Å². The van der Waals surface area contributed by atoms with Crippen LogP contribution in [0.3, 0.4) is 0 Å². The minimum absolute atomic E-state index is 0.277. The molecule has 0 aliphatic carbocycles. The lowest BCUT2D eigenvalue weighted by Crippen LogP contribution is -2.10. The van der Waals surface area contributed by atoms with Crippen LogP contribution >= 0.6 is 0 Å². The standard InChI is InChI=1S/C21H38O3/c1-3-4-5-6-7-8-9-10-11-12-13-14-15-16-17-18-20(22)19(2)21(23)24/h2-18H2,1H3,(H,23,24). The first-order valence-electron chi connectivity index (χ1n) is 10.0. The van der Waals surface area contributed by atoms with Crippen molar-refractivity contribution in [1.29, 1.82) is 0 Å². The van der Waals surface area contributed by atoms with Crippen molar-refractivity contribution in [2.24, 2.45) is 0 Å². The molecule has 0 aromatic heterocycles. The third kappa shape index (κ3) is 14.5. The predicted molar refractivity (Wildman–Crippen MR) is 101 cm³/mol. The molecule has 3 heteroatoms. The minimum atomic E-state index is -1.19. The van der Waals surface area contributed by atoms with Gasteiger partial charge in [-0.1, -0.05) is 103 Å². The number of rotatable bonds is 18. The van der Waals surface area contributed by atoms with E-state index in [-0.39, 0.29) is 11.4 Å². The van der Waals surface area contributed by atoms with Gasteiger partial charge in [0.1, 0.15) is 0 Å². The number of carbonyl (C=O) groups excluding carboxylic acids is 1. The van der Waals surface area contributed by atoms with Gasteiger partial charge in [-0.25, -0.2) is 4.79 Å². The van der Waals surface area contributed by atoms with E-state index in [4.69, 9.17) is 5.11 Å². The Labute approximate surface area is 148 Å². The van der Waals surface area contributed by atoms with Gasteiger partial charge in [0.15, 0.2) is 5.78 Å². The smallest absolute Gasteiger partial charge is 0.338 e. The molecule has 0 aliphatic heterocycles. The molecule has 0 amide bonds. The van der Waals surface area contributed by atoms with Crippen molar-refractivity contribution in [3.05, 3.63) is 12.2 Å². The fraction of sp³-hybridized carbons (Fsp3) is 0.810. The first-order chi connectivity index (χ1) is 11.6. The van der Waals surface area contributed by atoms with Gasteiger partial charge in [-0.05, 0) is 6.42 Å². The van der Waals surface area contributed by atoms with Gasteiger partial charge in [0.05, 0.1) is 5.57 Å². The van der Waals surface area contributed by atoms with E-state index in [1.54, 1.807) is 0 Å². The molecule has 0 atom stereocenters. The van der Waals surface area contributed by atoms with Crippen molar-refractivity contribution >= 4 is 11.8 Å². The molecule has 0 fully saturated rings. The Kier molecular flexibility index (Phi) is 15.9. The normalized spacial score (nSPS) is 10.7. The summed E-state index contributed by atoms with van der Waals surface area (Å²) in [6.45, 7) is 5.55. The van der Waals surface area contributed by atoms with Crippen LogP contribution in [-0.4, -0.2) is 16.9 Å². The first-order valence-corrected chi connectivity index (χ1v) is 10.0. The largest absolute Gasteiger partial charge is 0.478 e. The maximum Gasteiger partial charge on any atom is 0.338 e. The highest BCUT2D eigenvalue weighted by atomic mass is 16.4. The van der Waals surface area contributed by atoms with Crippen LogP contribution in [0.2, 0.25) is 0 Å². The average molecular weight is 339 g/mol. The molecule has 0 bridgehead atoms. The molecule has 0 heterocycles. The Bertz CT molecular complexity index is 347. The Morgan fingerprint density at radius 2 is 1.00 bits per heavy atom. The van der Waals surface area contributed by atoms with Crippen molar-refractivity contribution in [2.75, 3.05) is 0 Å². The molecular formula is C21H38O3. The Hall–Kier alpha value is -1.12. The van der Waals surface area contributed by atoms with Gasteiger partial charge in [0.25, 0.3) is 0 Å². The quantitative estimate of drug-likeness (QED) is 0.135. The third-order valence-electron chi connectivity index (χ3n) is 4.60. The van der Waals surface area contributed by atoms with Gasteiger partial charge in [-0.15, -0.1) is 0 Å². The van der Waals surface area contributed by atoms with Crippen LogP contribution in [0.4, 0.5) is 0 Å². The van der Waals surface area contributed by atoms with Crippen molar-refractivity contribution < 1.29 is 14.7 Å². The summed E-state index contributed by atoms with van der Waals surface area (Å²) in [5.41, 5.74) is -0.277. The maximum atomic E-state index is 11.4. The number of aliphatic carboxylic acids is 1. The lowest BCUT2D eigenvalue weighted by Gasteiger charge is -2.03. The van der Waals surface area contributed by atoms with Crippen LogP contribution in [0.1, 0.15) is 110 Å². The second kappa shape index (κ2) is 16.7. The topological polar surface area (TPSA) is 54.4 Å². The molecule has 24 heavy (non-hydrogen) atoms. The van der Waals surface area contributed by atoms with E-state index < -0.39 is 5.97 Å². The summed E-state index contributed by atoms with van der Waals surface area (Å²) in [6.07, 6.45) is 19.6. The monoisotopic (exact) mass is 338 g/mol. The van der Waals surface area contributed by atoms with E-state index >= 15 is 0 Å². The van der Waals surface area contributed by atoms with Crippen molar-refractivity contribution in [1.82, 2.24) is 0 Å². The molecule has 0 aliphatic rings. The van der Waals surface area contributed by atoms with E-state index in [0.29, 0.717) is 6.42 Å². The average Bonchev–Trinajstić information content (AvgIpc) is 2.57. The van der Waals surface area contributed by atoms with Gasteiger partial charge < -0.3 is 5.11 Å². The van der Waals surface area contributed by atoms with Gasteiger partial charge in [-0.3, -0.25) is 4.79 Å². The van der Waals surface area contributed by atoms with Crippen LogP contribution in [0.15, 0.2) is 12.2 Å². The molecule has 0 aromatic rings. The molecular weight excluding hydrogens is 300 g/mol. The summed E-state index contributed by atoms with van der Waals surface area (Å²) in [5, 5.41) is 8.66. The lowest BCUT2D eigenvalue weighted by atomic mass is 10.0. The molecule has 140 valence electrons. The zero-order valence-electron chi connectivity index (χ0n) is 15.8. The number of carboxylic acid groups (broad SMARTS) is 1. The molecule has 0 radical (unpaired) electrons. The summed E-state index contributed by atoms with van der Waals surface area (Å²) in [4.78, 5) is 22.0. The summed E-state index contributed by atoms with van der Waals surface area (Å²) in [7, 11) is 0. The van der Waals surface area contributed by atoms with Gasteiger partial charge >= 0.3 is 5.97 Å². The van der Waals surface area contributed by atoms with Crippen LogP contribution in [0.5, 0.6) is 0 Å². The SMILES string of the molecule is C=C(C(=O)O)C(=O)CCCCCCCCCCCCCCCCC.